The number of hydrogen-bond acceptors (Lipinski definition) is 1. The van der Waals surface area contributed by atoms with Gasteiger partial charge in [-0.3, -0.25) is 0 Å². The molecule has 56 heavy (non-hydrogen) atoms. The third kappa shape index (κ3) is 6.14. The molecule has 0 bridgehead atoms. The summed E-state index contributed by atoms with van der Waals surface area (Å²) in [6, 6.07) is 83.1. The highest BCUT2D eigenvalue weighted by Gasteiger charge is 2.19. The first kappa shape index (κ1) is 33.2. The normalized spacial score (nSPS) is 11.2. The van der Waals surface area contributed by atoms with Crippen LogP contribution < -0.4 is 4.90 Å². The number of para-hydroxylation sites is 3. The molecule has 0 radical (unpaired) electrons. The van der Waals surface area contributed by atoms with E-state index in [2.05, 4.69) is 240 Å². The Hall–Kier alpha value is -7.42. The zero-order valence-corrected chi connectivity index (χ0v) is 30.8. The molecule has 1 aromatic heterocycles. The number of fused-ring (bicyclic) bond motifs is 3. The molecule has 2 heteroatoms. The van der Waals surface area contributed by atoms with E-state index in [9.17, 15) is 0 Å². The Balaban J connectivity index is 1.09. The van der Waals surface area contributed by atoms with Crippen LogP contribution in [0.5, 0.6) is 0 Å². The van der Waals surface area contributed by atoms with E-state index in [1.165, 1.54) is 66.3 Å². The summed E-state index contributed by atoms with van der Waals surface area (Å²) in [4.78, 5) is 2.41. The van der Waals surface area contributed by atoms with Gasteiger partial charge in [0, 0.05) is 33.4 Å². The van der Waals surface area contributed by atoms with Gasteiger partial charge in [0.05, 0.1) is 16.7 Å². The highest BCUT2D eigenvalue weighted by atomic mass is 15.1. The number of hydrogen-bond donors (Lipinski definition) is 0. The molecule has 0 aliphatic heterocycles. The van der Waals surface area contributed by atoms with E-state index < -0.39 is 0 Å². The molecular weight excluding hydrogens is 677 g/mol. The molecule has 2 nitrogen and oxygen atoms in total. The van der Waals surface area contributed by atoms with Crippen LogP contribution in [-0.4, -0.2) is 4.57 Å². The van der Waals surface area contributed by atoms with Crippen molar-refractivity contribution in [2.45, 2.75) is 0 Å². The van der Waals surface area contributed by atoms with Gasteiger partial charge < -0.3 is 9.47 Å². The van der Waals surface area contributed by atoms with E-state index in [0.29, 0.717) is 0 Å². The largest absolute Gasteiger partial charge is 0.310 e. The summed E-state index contributed by atoms with van der Waals surface area (Å²) < 4.78 is 2.37. The average molecular weight is 715 g/mol. The van der Waals surface area contributed by atoms with Gasteiger partial charge in [-0.2, -0.15) is 0 Å². The quantitative estimate of drug-likeness (QED) is 0.152. The van der Waals surface area contributed by atoms with Crippen molar-refractivity contribution in [3.05, 3.63) is 231 Å². The van der Waals surface area contributed by atoms with Crippen LogP contribution in [0.15, 0.2) is 231 Å². The third-order valence-electron chi connectivity index (χ3n) is 10.8. The van der Waals surface area contributed by atoms with Gasteiger partial charge in [0.1, 0.15) is 0 Å². The highest BCUT2D eigenvalue weighted by Crippen LogP contribution is 2.44. The van der Waals surface area contributed by atoms with Gasteiger partial charge in [-0.25, -0.2) is 0 Å². The van der Waals surface area contributed by atoms with E-state index in [0.717, 1.165) is 22.7 Å². The van der Waals surface area contributed by atoms with Crippen molar-refractivity contribution in [1.82, 2.24) is 4.57 Å². The first-order valence-corrected chi connectivity index (χ1v) is 19.2. The van der Waals surface area contributed by atoms with Gasteiger partial charge in [-0.05, 0) is 99.6 Å². The molecule has 0 fully saturated rings. The van der Waals surface area contributed by atoms with Crippen molar-refractivity contribution in [3.8, 4) is 50.2 Å². The van der Waals surface area contributed by atoms with E-state index in [1.54, 1.807) is 0 Å². The summed E-state index contributed by atoms with van der Waals surface area (Å²) in [6.07, 6.45) is 0. The molecule has 264 valence electrons. The number of rotatable bonds is 8. The lowest BCUT2D eigenvalue weighted by atomic mass is 9.96. The van der Waals surface area contributed by atoms with E-state index in [4.69, 9.17) is 0 Å². The minimum Gasteiger partial charge on any atom is -0.310 e. The maximum atomic E-state index is 2.41. The number of anilines is 3. The maximum Gasteiger partial charge on any atom is 0.0541 e. The van der Waals surface area contributed by atoms with Crippen molar-refractivity contribution in [2.24, 2.45) is 0 Å². The monoisotopic (exact) mass is 714 g/mol. The fraction of sp³-hybridized carbons (Fsp3) is 0. The first-order chi connectivity index (χ1) is 27.8. The number of aromatic nitrogens is 1. The summed E-state index contributed by atoms with van der Waals surface area (Å²) in [5.41, 5.74) is 16.3. The molecule has 1 heterocycles. The van der Waals surface area contributed by atoms with Gasteiger partial charge in [0.2, 0.25) is 0 Å². The van der Waals surface area contributed by atoms with Crippen LogP contribution in [0.3, 0.4) is 0 Å². The van der Waals surface area contributed by atoms with Gasteiger partial charge >= 0.3 is 0 Å². The summed E-state index contributed by atoms with van der Waals surface area (Å²) in [5.74, 6) is 0. The lowest BCUT2D eigenvalue weighted by Crippen LogP contribution is -2.11. The molecule has 0 saturated carbocycles. The highest BCUT2D eigenvalue weighted by molar-refractivity contribution is 6.09. The van der Waals surface area contributed by atoms with E-state index in [-0.39, 0.29) is 0 Å². The van der Waals surface area contributed by atoms with E-state index >= 15 is 0 Å². The van der Waals surface area contributed by atoms with E-state index in [1.807, 2.05) is 0 Å². The molecule has 10 rings (SSSR count). The first-order valence-electron chi connectivity index (χ1n) is 19.2. The van der Waals surface area contributed by atoms with Crippen LogP contribution >= 0.6 is 0 Å². The average Bonchev–Trinajstić information content (AvgIpc) is 3.62. The molecule has 9 aromatic carbocycles. The summed E-state index contributed by atoms with van der Waals surface area (Å²) in [5, 5.41) is 2.54. The Morgan fingerprint density at radius 1 is 0.286 bits per heavy atom. The second kappa shape index (κ2) is 14.4. The Morgan fingerprint density at radius 3 is 1.27 bits per heavy atom. The summed E-state index contributed by atoms with van der Waals surface area (Å²) in [6.45, 7) is 0. The fourth-order valence-corrected chi connectivity index (χ4v) is 8.10. The Kier molecular flexibility index (Phi) is 8.55. The van der Waals surface area contributed by atoms with Crippen molar-refractivity contribution < 1.29 is 0 Å². The number of nitrogens with zero attached hydrogens (tertiary/aromatic N) is 2. The van der Waals surface area contributed by atoms with Gasteiger partial charge in [-0.15, -0.1) is 0 Å². The van der Waals surface area contributed by atoms with Crippen LogP contribution in [0.25, 0.3) is 72.0 Å². The molecule has 10 aromatic rings. The minimum absolute atomic E-state index is 1.09. The van der Waals surface area contributed by atoms with Crippen LogP contribution in [0.2, 0.25) is 0 Å². The van der Waals surface area contributed by atoms with Crippen LogP contribution in [0.4, 0.5) is 17.1 Å². The molecule has 0 N–H and O–H groups in total. The third-order valence-corrected chi connectivity index (χ3v) is 10.8. The van der Waals surface area contributed by atoms with Crippen LogP contribution in [-0.2, 0) is 0 Å². The Morgan fingerprint density at radius 2 is 0.714 bits per heavy atom. The smallest absolute Gasteiger partial charge is 0.0541 e. The van der Waals surface area contributed by atoms with Gasteiger partial charge in [0.25, 0.3) is 0 Å². The van der Waals surface area contributed by atoms with Crippen molar-refractivity contribution in [3.63, 3.8) is 0 Å². The molecule has 0 atom stereocenters. The molecule has 0 unspecified atom stereocenters. The predicted octanol–water partition coefficient (Wildman–Crippen LogP) is 14.9. The summed E-state index contributed by atoms with van der Waals surface area (Å²) in [7, 11) is 0. The minimum atomic E-state index is 1.09. The van der Waals surface area contributed by atoms with Crippen molar-refractivity contribution >= 4 is 38.9 Å². The second-order valence-electron chi connectivity index (χ2n) is 14.2. The number of benzene rings is 9. The second-order valence-corrected chi connectivity index (χ2v) is 14.2. The molecular formula is C54H38N2. The molecule has 0 aliphatic rings. The van der Waals surface area contributed by atoms with Crippen molar-refractivity contribution in [2.75, 3.05) is 4.90 Å². The molecule has 0 amide bonds. The maximum absolute atomic E-state index is 2.41. The molecule has 0 spiro atoms. The molecule has 0 saturated heterocycles. The Bertz CT molecular complexity index is 2820. The SMILES string of the molecule is c1ccc(-c2cc(-c3ccccc3)cc(N(c3ccc(-c4ccc(-n5c6ccccc6c6ccccc65)cc4)cc3)c3ccccc3-c3ccccc3)c2)cc1. The fourth-order valence-electron chi connectivity index (χ4n) is 8.10. The lowest BCUT2D eigenvalue weighted by Gasteiger charge is -2.29. The summed E-state index contributed by atoms with van der Waals surface area (Å²) >= 11 is 0. The standard InChI is InChI=1S/C54H38N2/c1-4-16-39(17-5-1)44-36-45(40-18-6-2-7-19-40)38-48(37-44)55(52-25-13-10-22-49(52)43-20-8-3-9-21-43)46-32-28-41(29-33-46)42-30-34-47(35-31-42)56-53-26-14-11-23-50(53)51-24-12-15-27-54(51)56/h1-38H. The lowest BCUT2D eigenvalue weighted by molar-refractivity contribution is 1.18. The van der Waals surface area contributed by atoms with Gasteiger partial charge in [0.15, 0.2) is 0 Å². The zero-order chi connectivity index (χ0) is 37.3. The molecule has 0 aliphatic carbocycles. The van der Waals surface area contributed by atoms with Crippen LogP contribution in [0.1, 0.15) is 0 Å². The predicted molar refractivity (Wildman–Crippen MR) is 237 cm³/mol. The zero-order valence-electron chi connectivity index (χ0n) is 30.8. The topological polar surface area (TPSA) is 8.17 Å². The van der Waals surface area contributed by atoms with Crippen molar-refractivity contribution in [1.29, 1.82) is 0 Å². The Labute approximate surface area is 327 Å². The van der Waals surface area contributed by atoms with Crippen LogP contribution in [0, 0.1) is 0 Å². The van der Waals surface area contributed by atoms with Gasteiger partial charge in [-0.1, -0.05) is 170 Å².